The molecular formula is C14H10F6N2O2. The first-order chi connectivity index (χ1) is 11.1. The van der Waals surface area contributed by atoms with Crippen molar-refractivity contribution in [1.29, 1.82) is 0 Å². The molecule has 1 saturated heterocycles. The minimum absolute atomic E-state index is 0.378. The number of cyclic esters (lactones) is 1. The number of alkyl halides is 6. The van der Waals surface area contributed by atoms with Crippen LogP contribution in [0.25, 0.3) is 10.9 Å². The van der Waals surface area contributed by atoms with Gasteiger partial charge in [-0.25, -0.2) is 0 Å². The number of hydrogen-bond acceptors (Lipinski definition) is 3. The van der Waals surface area contributed by atoms with Crippen molar-refractivity contribution in [2.45, 2.75) is 30.5 Å². The third-order valence-electron chi connectivity index (χ3n) is 3.81. The Balaban J connectivity index is 1.92. The summed E-state index contributed by atoms with van der Waals surface area (Å²) in [7, 11) is 0. The number of carbonyl (C=O) groups is 1. The van der Waals surface area contributed by atoms with E-state index in [1.54, 1.807) is 24.3 Å². The number of carbonyl (C=O) groups excluding carboxylic acids is 1. The second-order valence-corrected chi connectivity index (χ2v) is 5.36. The van der Waals surface area contributed by atoms with Crippen LogP contribution in [0.4, 0.5) is 26.3 Å². The molecule has 0 radical (unpaired) electrons. The maximum absolute atomic E-state index is 12.9. The van der Waals surface area contributed by atoms with Crippen molar-refractivity contribution in [1.82, 2.24) is 10.3 Å². The highest BCUT2D eigenvalue weighted by atomic mass is 19.4. The van der Waals surface area contributed by atoms with Crippen LogP contribution in [0.15, 0.2) is 30.5 Å². The summed E-state index contributed by atoms with van der Waals surface area (Å²) in [6.45, 7) is 0. The van der Waals surface area contributed by atoms with Gasteiger partial charge in [0.25, 0.3) is 0 Å². The van der Waals surface area contributed by atoms with Gasteiger partial charge in [0.2, 0.25) is 0 Å². The second-order valence-electron chi connectivity index (χ2n) is 5.36. The molecule has 24 heavy (non-hydrogen) atoms. The fourth-order valence-electron chi connectivity index (χ4n) is 2.65. The van der Waals surface area contributed by atoms with Crippen molar-refractivity contribution >= 4 is 16.9 Å². The third kappa shape index (κ3) is 2.41. The van der Waals surface area contributed by atoms with E-state index in [4.69, 9.17) is 0 Å². The predicted octanol–water partition coefficient (Wildman–Crippen LogP) is 3.05. The van der Waals surface area contributed by atoms with Crippen molar-refractivity contribution in [3.8, 4) is 0 Å². The molecule has 1 fully saturated rings. The van der Waals surface area contributed by atoms with E-state index in [9.17, 15) is 31.1 Å². The molecule has 0 amide bonds. The number of ether oxygens (including phenoxy) is 1. The topological polar surface area (TPSA) is 54.1 Å². The molecule has 3 rings (SSSR count). The van der Waals surface area contributed by atoms with E-state index in [-0.39, 0.29) is 6.42 Å². The molecule has 2 N–H and O–H groups in total. The standard InChI is InChI=1S/C14H10F6N2O2/c15-13(16,17)12(14(18,19)20)22-10(11(23)24-12)5-7-6-21-9-4-2-1-3-8(7)9/h1-4,6,10,21-22H,5H2/t10-/m0/s1. The molecule has 1 aliphatic heterocycles. The van der Waals surface area contributed by atoms with E-state index in [2.05, 4.69) is 9.72 Å². The van der Waals surface area contributed by atoms with Gasteiger partial charge in [0.1, 0.15) is 6.04 Å². The SMILES string of the molecule is O=C1OC(C(F)(F)F)(C(F)(F)F)N[C@H]1Cc1c[nH]c2ccccc12. The first kappa shape index (κ1) is 16.6. The summed E-state index contributed by atoms with van der Waals surface area (Å²) >= 11 is 0. The van der Waals surface area contributed by atoms with Crippen molar-refractivity contribution in [2.24, 2.45) is 0 Å². The van der Waals surface area contributed by atoms with Gasteiger partial charge in [-0.05, 0) is 11.6 Å². The Morgan fingerprint density at radius 2 is 1.71 bits per heavy atom. The Kier molecular flexibility index (Phi) is 3.55. The number of para-hydroxylation sites is 1. The minimum Gasteiger partial charge on any atom is -0.424 e. The van der Waals surface area contributed by atoms with Crippen LogP contribution in [0.3, 0.4) is 0 Å². The second kappa shape index (κ2) is 5.13. The van der Waals surface area contributed by atoms with Crippen molar-refractivity contribution < 1.29 is 35.9 Å². The quantitative estimate of drug-likeness (QED) is 0.645. The lowest BCUT2D eigenvalue weighted by Crippen LogP contribution is -2.65. The van der Waals surface area contributed by atoms with Gasteiger partial charge in [0, 0.05) is 23.5 Å². The highest BCUT2D eigenvalue weighted by molar-refractivity contribution is 5.85. The molecule has 130 valence electrons. The summed E-state index contributed by atoms with van der Waals surface area (Å²) in [5.74, 6) is -1.60. The molecule has 2 aromatic rings. The molecule has 0 spiro atoms. The lowest BCUT2D eigenvalue weighted by molar-refractivity contribution is -0.369. The molecule has 0 bridgehead atoms. The van der Waals surface area contributed by atoms with Crippen molar-refractivity contribution in [3.63, 3.8) is 0 Å². The van der Waals surface area contributed by atoms with Gasteiger partial charge < -0.3 is 9.72 Å². The maximum atomic E-state index is 12.9. The molecule has 4 nitrogen and oxygen atoms in total. The fraction of sp³-hybridized carbons (Fsp3) is 0.357. The molecule has 0 saturated carbocycles. The van der Waals surface area contributed by atoms with Gasteiger partial charge in [-0.15, -0.1) is 0 Å². The zero-order valence-electron chi connectivity index (χ0n) is 11.8. The predicted molar refractivity (Wildman–Crippen MR) is 69.9 cm³/mol. The van der Waals surface area contributed by atoms with E-state index in [1.807, 2.05) is 0 Å². The normalized spacial score (nSPS) is 21.2. The number of hydrogen-bond donors (Lipinski definition) is 2. The number of rotatable bonds is 2. The van der Waals surface area contributed by atoms with Gasteiger partial charge in [-0.2, -0.15) is 26.3 Å². The Morgan fingerprint density at radius 3 is 2.29 bits per heavy atom. The summed E-state index contributed by atoms with van der Waals surface area (Å²) < 4.78 is 81.3. The van der Waals surface area contributed by atoms with Crippen LogP contribution in [0.5, 0.6) is 0 Å². The van der Waals surface area contributed by atoms with Crippen molar-refractivity contribution in [3.05, 3.63) is 36.0 Å². The molecule has 0 unspecified atom stereocenters. The summed E-state index contributed by atoms with van der Waals surface area (Å²) in [6.07, 6.45) is -10.6. The Labute approximate surface area is 130 Å². The van der Waals surface area contributed by atoms with Crippen LogP contribution in [0.2, 0.25) is 0 Å². The molecule has 0 aliphatic carbocycles. The lowest BCUT2D eigenvalue weighted by atomic mass is 10.0. The summed E-state index contributed by atoms with van der Waals surface area (Å²) in [5, 5.41) is 1.90. The minimum atomic E-state index is -5.84. The number of aromatic nitrogens is 1. The highest BCUT2D eigenvalue weighted by Gasteiger charge is 2.78. The van der Waals surface area contributed by atoms with Crippen LogP contribution in [0.1, 0.15) is 5.56 Å². The van der Waals surface area contributed by atoms with E-state index in [1.165, 1.54) is 11.5 Å². The maximum Gasteiger partial charge on any atom is 0.452 e. The Morgan fingerprint density at radius 1 is 1.08 bits per heavy atom. The molecule has 1 aromatic carbocycles. The molecule has 1 aliphatic rings. The van der Waals surface area contributed by atoms with E-state index >= 15 is 0 Å². The van der Waals surface area contributed by atoms with Gasteiger partial charge in [0.15, 0.2) is 0 Å². The van der Waals surface area contributed by atoms with Gasteiger partial charge in [-0.3, -0.25) is 10.1 Å². The summed E-state index contributed by atoms with van der Waals surface area (Å²) in [5.41, 5.74) is -3.63. The van der Waals surface area contributed by atoms with E-state index in [0.29, 0.717) is 16.5 Å². The zero-order chi connectivity index (χ0) is 17.8. The molecule has 10 heteroatoms. The molecule has 1 aromatic heterocycles. The smallest absolute Gasteiger partial charge is 0.424 e. The first-order valence-electron chi connectivity index (χ1n) is 6.74. The first-order valence-corrected chi connectivity index (χ1v) is 6.74. The van der Waals surface area contributed by atoms with Gasteiger partial charge in [-0.1, -0.05) is 18.2 Å². The van der Waals surface area contributed by atoms with Crippen LogP contribution in [-0.2, 0) is 16.0 Å². The molecule has 2 heterocycles. The Hall–Kier alpha value is -2.23. The van der Waals surface area contributed by atoms with E-state index < -0.39 is 30.1 Å². The number of fused-ring (bicyclic) bond motifs is 1. The van der Waals surface area contributed by atoms with Crippen LogP contribution >= 0.6 is 0 Å². The number of nitrogens with one attached hydrogen (secondary N) is 2. The number of halogens is 6. The number of esters is 1. The number of benzene rings is 1. The lowest BCUT2D eigenvalue weighted by Gasteiger charge is -2.31. The van der Waals surface area contributed by atoms with Crippen molar-refractivity contribution in [2.75, 3.05) is 0 Å². The average Bonchev–Trinajstić information content (AvgIpc) is 3.01. The Bertz CT molecular complexity index is 765. The summed E-state index contributed by atoms with van der Waals surface area (Å²) in [6, 6.07) is 4.93. The largest absolute Gasteiger partial charge is 0.452 e. The number of H-pyrrole nitrogens is 1. The average molecular weight is 352 g/mol. The van der Waals surface area contributed by atoms with Crippen LogP contribution in [-0.4, -0.2) is 35.1 Å². The summed E-state index contributed by atoms with van der Waals surface area (Å²) in [4.78, 5) is 14.5. The zero-order valence-corrected chi connectivity index (χ0v) is 11.8. The van der Waals surface area contributed by atoms with Gasteiger partial charge in [0.05, 0.1) is 0 Å². The molecule has 1 atom stereocenters. The third-order valence-corrected chi connectivity index (χ3v) is 3.81. The number of aromatic amines is 1. The molecular weight excluding hydrogens is 342 g/mol. The van der Waals surface area contributed by atoms with Crippen LogP contribution in [0, 0.1) is 0 Å². The van der Waals surface area contributed by atoms with Gasteiger partial charge >= 0.3 is 24.0 Å². The fourth-order valence-corrected chi connectivity index (χ4v) is 2.65. The van der Waals surface area contributed by atoms with E-state index in [0.717, 1.165) is 0 Å². The monoisotopic (exact) mass is 352 g/mol. The van der Waals surface area contributed by atoms with Crippen LogP contribution < -0.4 is 5.32 Å². The highest BCUT2D eigenvalue weighted by Crippen LogP contribution is 2.47.